The number of likely N-dealkylation sites (tertiary alicyclic amines) is 1. The van der Waals surface area contributed by atoms with E-state index in [0.29, 0.717) is 42.7 Å². The van der Waals surface area contributed by atoms with Gasteiger partial charge < -0.3 is 15.4 Å². The molecule has 3 heterocycles. The number of amides is 1. The Balaban J connectivity index is 1.54. The molecule has 0 saturated carbocycles. The van der Waals surface area contributed by atoms with E-state index in [1.807, 2.05) is 6.07 Å². The molecule has 37 heavy (non-hydrogen) atoms. The number of ether oxygens (including phenoxy) is 1. The second-order valence-corrected chi connectivity index (χ2v) is 8.67. The molecule has 2 N–H and O–H groups in total. The Morgan fingerprint density at radius 3 is 2.59 bits per heavy atom. The molecule has 1 saturated heterocycles. The van der Waals surface area contributed by atoms with Crippen LogP contribution in [0.3, 0.4) is 0 Å². The maximum absolute atomic E-state index is 14.0. The van der Waals surface area contributed by atoms with Gasteiger partial charge in [-0.3, -0.25) is 13.9 Å². The second kappa shape index (κ2) is 9.73. The largest absolute Gasteiger partial charge is 0.451 e. The number of imidazole rings is 1. The van der Waals surface area contributed by atoms with Crippen molar-refractivity contribution in [3.8, 4) is 23.3 Å². The van der Waals surface area contributed by atoms with Crippen molar-refractivity contribution in [3.05, 3.63) is 76.8 Å². The molecule has 9 nitrogen and oxygen atoms in total. The summed E-state index contributed by atoms with van der Waals surface area (Å²) in [6.45, 7) is 0.820. The number of piperidine rings is 1. The predicted octanol–water partition coefficient (Wildman–Crippen LogP) is 3.92. The Kier molecular flexibility index (Phi) is 6.31. The van der Waals surface area contributed by atoms with Gasteiger partial charge in [0.1, 0.15) is 23.5 Å². The molecule has 1 atom stereocenters. The predicted molar refractivity (Wildman–Crippen MR) is 131 cm³/mol. The van der Waals surface area contributed by atoms with Crippen molar-refractivity contribution >= 4 is 22.8 Å². The number of anilines is 1. The zero-order chi connectivity index (χ0) is 26.1. The Hall–Kier alpha value is -4.72. The maximum Gasteiger partial charge on any atom is 0.334 e. The van der Waals surface area contributed by atoms with E-state index >= 15 is 0 Å². The zero-order valence-corrected chi connectivity index (χ0v) is 19.6. The van der Waals surface area contributed by atoms with Crippen LogP contribution < -0.4 is 16.2 Å². The monoisotopic (exact) mass is 504 g/mol. The summed E-state index contributed by atoms with van der Waals surface area (Å²) in [4.78, 5) is 31.8. The summed E-state index contributed by atoms with van der Waals surface area (Å²) in [5.74, 6) is -2.14. The van der Waals surface area contributed by atoms with E-state index in [9.17, 15) is 18.4 Å². The lowest BCUT2D eigenvalue weighted by Gasteiger charge is -2.33. The summed E-state index contributed by atoms with van der Waals surface area (Å²) in [5, 5.41) is 8.90. The van der Waals surface area contributed by atoms with E-state index in [1.54, 1.807) is 27.7 Å². The molecule has 1 fully saturated rings. The van der Waals surface area contributed by atoms with Gasteiger partial charge in [-0.1, -0.05) is 6.07 Å². The molecular formula is C26H22F2N6O3. The number of rotatable bonds is 5. The van der Waals surface area contributed by atoms with Gasteiger partial charge in [-0.15, -0.1) is 0 Å². The molecule has 0 radical (unpaired) electrons. The maximum atomic E-state index is 14.0. The lowest BCUT2D eigenvalue weighted by molar-refractivity contribution is -0.131. The summed E-state index contributed by atoms with van der Waals surface area (Å²) >= 11 is 0. The summed E-state index contributed by atoms with van der Waals surface area (Å²) in [6, 6.07) is 12.8. The standard InChI is InChI=1S/C26H22F2N6O3/c27-19-4-1-5-20(28)24(19)37-18-8-6-16(7-9-18)34-23-21(11-13-31-25(23)30)33(26(34)36)17-3-2-14-32(15-17)22(35)10-12-29/h1,4-9,11,13,17H,2-3,10,14-15H2,(H2,30,31). The minimum atomic E-state index is -0.836. The average Bonchev–Trinajstić information content (AvgIpc) is 3.20. The van der Waals surface area contributed by atoms with Crippen molar-refractivity contribution in [1.82, 2.24) is 19.0 Å². The molecule has 1 unspecified atom stereocenters. The number of nitriles is 1. The molecule has 5 rings (SSSR count). The fraction of sp³-hybridized carbons (Fsp3) is 0.231. The number of aromatic nitrogens is 3. The Morgan fingerprint density at radius 1 is 1.16 bits per heavy atom. The highest BCUT2D eigenvalue weighted by atomic mass is 19.1. The Labute approximate surface area is 209 Å². The first kappa shape index (κ1) is 24.0. The first-order valence-corrected chi connectivity index (χ1v) is 11.6. The molecule has 2 aromatic heterocycles. The van der Waals surface area contributed by atoms with E-state index in [0.717, 1.165) is 12.1 Å². The molecule has 0 aliphatic carbocycles. The first-order chi connectivity index (χ1) is 17.9. The van der Waals surface area contributed by atoms with Gasteiger partial charge in [-0.05, 0) is 55.3 Å². The lowest BCUT2D eigenvalue weighted by atomic mass is 10.0. The molecule has 1 amide bonds. The Bertz CT molecular complexity index is 1570. The summed E-state index contributed by atoms with van der Waals surface area (Å²) < 4.78 is 36.4. The van der Waals surface area contributed by atoms with Crippen molar-refractivity contribution in [2.75, 3.05) is 18.8 Å². The average molecular weight is 504 g/mol. The van der Waals surface area contributed by atoms with Crippen molar-refractivity contribution in [3.63, 3.8) is 0 Å². The van der Waals surface area contributed by atoms with Gasteiger partial charge in [0.25, 0.3) is 0 Å². The van der Waals surface area contributed by atoms with Crippen LogP contribution in [0.15, 0.2) is 59.5 Å². The van der Waals surface area contributed by atoms with Gasteiger partial charge in [0.05, 0.1) is 23.3 Å². The van der Waals surface area contributed by atoms with Crippen molar-refractivity contribution < 1.29 is 18.3 Å². The Morgan fingerprint density at radius 2 is 1.89 bits per heavy atom. The quantitative estimate of drug-likeness (QED) is 0.440. The highest BCUT2D eigenvalue weighted by Crippen LogP contribution is 2.31. The van der Waals surface area contributed by atoms with Crippen LogP contribution in [0.4, 0.5) is 14.6 Å². The molecule has 2 aromatic carbocycles. The van der Waals surface area contributed by atoms with Crippen molar-refractivity contribution in [2.24, 2.45) is 0 Å². The first-order valence-electron chi connectivity index (χ1n) is 11.6. The molecule has 0 spiro atoms. The number of nitrogens with zero attached hydrogens (tertiary/aromatic N) is 5. The van der Waals surface area contributed by atoms with E-state index in [2.05, 4.69) is 4.98 Å². The number of benzene rings is 2. The van der Waals surface area contributed by atoms with Crippen LogP contribution in [0.25, 0.3) is 16.7 Å². The summed E-state index contributed by atoms with van der Waals surface area (Å²) in [7, 11) is 0. The SMILES string of the molecule is N#CCC(=O)N1CCCC(n2c(=O)n(-c3ccc(Oc4c(F)cccc4F)cc3)c3c(N)nccc32)C1. The molecule has 0 bridgehead atoms. The number of halogens is 2. The normalized spacial score (nSPS) is 15.5. The van der Waals surface area contributed by atoms with Crippen LogP contribution in [0, 0.1) is 23.0 Å². The number of carbonyl (C=O) groups is 1. The number of pyridine rings is 1. The second-order valence-electron chi connectivity index (χ2n) is 8.67. The molecule has 188 valence electrons. The summed E-state index contributed by atoms with van der Waals surface area (Å²) in [5.41, 5.74) is 7.23. The van der Waals surface area contributed by atoms with E-state index < -0.39 is 17.4 Å². The third-order valence-electron chi connectivity index (χ3n) is 6.39. The van der Waals surface area contributed by atoms with Crippen LogP contribution in [0.2, 0.25) is 0 Å². The minimum Gasteiger partial charge on any atom is -0.451 e. The highest BCUT2D eigenvalue weighted by molar-refractivity contribution is 5.87. The fourth-order valence-electron chi connectivity index (χ4n) is 4.71. The number of carbonyl (C=O) groups excluding carboxylic acids is 1. The lowest BCUT2D eigenvalue weighted by Crippen LogP contribution is -2.42. The van der Waals surface area contributed by atoms with Crippen LogP contribution in [0.1, 0.15) is 25.3 Å². The van der Waals surface area contributed by atoms with Gasteiger partial charge in [-0.25, -0.2) is 18.6 Å². The highest BCUT2D eigenvalue weighted by Gasteiger charge is 2.29. The molecule has 4 aromatic rings. The van der Waals surface area contributed by atoms with Gasteiger partial charge in [-0.2, -0.15) is 5.26 Å². The number of nitrogens with two attached hydrogens (primary N) is 1. The van der Waals surface area contributed by atoms with Gasteiger partial charge in [0, 0.05) is 19.3 Å². The van der Waals surface area contributed by atoms with Crippen LogP contribution in [-0.2, 0) is 4.79 Å². The van der Waals surface area contributed by atoms with Crippen molar-refractivity contribution in [2.45, 2.75) is 25.3 Å². The van der Waals surface area contributed by atoms with E-state index in [-0.39, 0.29) is 35.6 Å². The third-order valence-corrected chi connectivity index (χ3v) is 6.39. The fourth-order valence-corrected chi connectivity index (χ4v) is 4.71. The number of fused-ring (bicyclic) bond motifs is 1. The van der Waals surface area contributed by atoms with E-state index in [1.165, 1.54) is 29.0 Å². The zero-order valence-electron chi connectivity index (χ0n) is 19.6. The van der Waals surface area contributed by atoms with Gasteiger partial charge in [0.15, 0.2) is 17.4 Å². The topological polar surface area (TPSA) is 119 Å². The van der Waals surface area contributed by atoms with Crippen molar-refractivity contribution in [1.29, 1.82) is 5.26 Å². The van der Waals surface area contributed by atoms with Crippen LogP contribution in [0.5, 0.6) is 11.5 Å². The molecule has 1 aliphatic rings. The third kappa shape index (κ3) is 4.38. The number of hydrogen-bond donors (Lipinski definition) is 1. The number of nitrogen functional groups attached to an aromatic ring is 1. The summed E-state index contributed by atoms with van der Waals surface area (Å²) in [6.07, 6.45) is 2.64. The molecule has 11 heteroatoms. The van der Waals surface area contributed by atoms with Gasteiger partial charge in [0.2, 0.25) is 5.91 Å². The molecular weight excluding hydrogens is 482 g/mol. The van der Waals surface area contributed by atoms with Gasteiger partial charge >= 0.3 is 5.69 Å². The van der Waals surface area contributed by atoms with Crippen LogP contribution >= 0.6 is 0 Å². The minimum absolute atomic E-state index is 0.148. The number of para-hydroxylation sites is 1. The molecule has 1 aliphatic heterocycles. The van der Waals surface area contributed by atoms with E-state index in [4.69, 9.17) is 15.7 Å². The smallest absolute Gasteiger partial charge is 0.334 e. The van der Waals surface area contributed by atoms with Crippen LogP contribution in [-0.4, -0.2) is 38.0 Å². The number of hydrogen-bond acceptors (Lipinski definition) is 6.